The normalized spacial score (nSPS) is 12.8. The Hall–Kier alpha value is -7.08. The molecule has 0 saturated carbocycles. The number of esters is 1. The minimum absolute atomic E-state index is 0.00983. The van der Waals surface area contributed by atoms with Crippen molar-refractivity contribution >= 4 is 94.3 Å². The van der Waals surface area contributed by atoms with E-state index in [1.165, 1.54) is 13.2 Å². The van der Waals surface area contributed by atoms with Crippen molar-refractivity contribution < 1.29 is 94.9 Å². The van der Waals surface area contributed by atoms with Crippen LogP contribution in [0.25, 0.3) is 12.2 Å². The Kier molecular flexibility index (Phi) is 56.3. The van der Waals surface area contributed by atoms with Crippen molar-refractivity contribution in [3.05, 3.63) is 190 Å². The molecule has 129 heavy (non-hydrogen) atoms. The second kappa shape index (κ2) is 59.5. The number of carbonyl (C=O) groups is 4. The number of phenols is 1. The molecule has 0 aliphatic heterocycles. The van der Waals surface area contributed by atoms with Gasteiger partial charge in [-0.15, -0.1) is 0 Å². The number of benzene rings is 6. The maximum atomic E-state index is 11.6. The number of aliphatic hydroxyl groups is 3. The van der Waals surface area contributed by atoms with Crippen molar-refractivity contribution in [1.82, 2.24) is 5.32 Å². The average molecular weight is 1950 g/mol. The lowest BCUT2D eigenvalue weighted by atomic mass is 10.0. The minimum Gasteiger partial charge on any atom is -0.507 e. The van der Waals surface area contributed by atoms with E-state index in [0.717, 1.165) is 81.9 Å². The van der Waals surface area contributed by atoms with Crippen LogP contribution in [0.15, 0.2) is 157 Å². The van der Waals surface area contributed by atoms with Gasteiger partial charge in [0, 0.05) is 41.8 Å². The molecule has 5 N–H and O–H groups in total. The zero-order valence-corrected chi connectivity index (χ0v) is 91.6. The average Bonchev–Trinajstić information content (AvgIpc) is 0.849. The highest BCUT2D eigenvalue weighted by atomic mass is 79.9. The Morgan fingerprint density at radius 3 is 1.02 bits per heavy atom. The molecular weight excluding hydrogens is 1780 g/mol. The van der Waals surface area contributed by atoms with E-state index in [4.69, 9.17) is 70.6 Å². The highest BCUT2D eigenvalue weighted by Crippen LogP contribution is 2.41. The van der Waals surface area contributed by atoms with E-state index < -0.39 is 53.3 Å². The summed E-state index contributed by atoms with van der Waals surface area (Å²) in [5, 5.41) is 41.0. The summed E-state index contributed by atoms with van der Waals surface area (Å²) in [6, 6.07) is 44.9. The number of carbonyl (C=O) groups excluding carboxylic acids is 4. The number of para-hydroxylation sites is 6. The number of rotatable bonds is 39. The SMILES string of the molecule is C/C(=C\c1ccccc1OCCO[Si](C)(C)C(C)(C)C)CO.CC(C)(C)[Si](C)(C)OCCBr.CC(C)(C)[Si](C)(C)OCCOc1ccccc1C=O.CC(CNC(=O)OC(C)(C)C)Cc1ccccc1OCCO.CC(CO)Cc1ccccc1OCCO[Si](C)(C)C(C)(C)C.COC(=O)/C(C)=C/c1ccccc1OCCO[Si](C)(C)C(C)(C)C.O=Cc1ccccc1O. The molecule has 728 valence electrons. The standard InChI is InChI=1S/C19H30O4Si.C18H32O3Si.C18H30O3Si.C17H27NO4.C15H24O3Si.C8H19BrOSi.C7H6O2/c1-15(18(20)21-5)14-16-10-8-9-11-17(16)22-12-13-23-24(6,7)19(2,3)4;2*1-15(14-19)13-16-9-7-8-10-17(16)20-11-12-21-22(5,6)18(2,3)4;1-13(12-18-16(20)22-17(2,3)4)11-14-7-5-6-8-15(14)21-10-9-19;1-15(2,3)19(4,5)18-11-10-17-14-9-7-6-8-13(14)12-16;1-8(2,3)11(4,5)10-7-6-9;8-5-6-3-1-2-4-7(6)9/h8-11,14H,12-13H2,1-7H3;7-10,15,19H,11-14H2,1-6H3;7-10,13,19H,11-12,14H2,1-6H3;5-8,13,19H,9-12H2,1-4H3,(H,18,20);6-9,12H,10-11H2,1-5H3;6-7H2,1-5H3;1-5,9H/b15-14+;;15-13+;;;;. The number of aldehydes is 2. The van der Waals surface area contributed by atoms with Crippen LogP contribution in [0.4, 0.5) is 4.79 Å². The molecule has 0 saturated heterocycles. The quantitative estimate of drug-likeness (QED) is 0.00599. The van der Waals surface area contributed by atoms with Gasteiger partial charge >= 0.3 is 12.1 Å². The monoisotopic (exact) mass is 1950 g/mol. The van der Waals surface area contributed by atoms with Gasteiger partial charge in [-0.3, -0.25) is 9.59 Å². The van der Waals surface area contributed by atoms with Crippen LogP contribution in [-0.4, -0.2) is 197 Å². The number of methoxy groups -OCH3 is 1. The minimum atomic E-state index is -1.76. The molecule has 1 amide bonds. The number of ether oxygens (including phenoxy) is 7. The van der Waals surface area contributed by atoms with E-state index in [2.05, 4.69) is 204 Å². The fourth-order valence-corrected chi connectivity index (χ4v) is 15.5. The third-order valence-electron chi connectivity index (χ3n) is 23.0. The summed E-state index contributed by atoms with van der Waals surface area (Å²) in [6.07, 6.45) is 6.36. The number of phenolic OH excluding ortho intramolecular Hbond substituents is 1. The molecule has 27 heteroatoms. The number of amides is 1. The van der Waals surface area contributed by atoms with Gasteiger partial charge in [0.15, 0.2) is 54.2 Å². The van der Waals surface area contributed by atoms with Gasteiger partial charge in [-0.05, 0) is 221 Å². The summed E-state index contributed by atoms with van der Waals surface area (Å²) >= 11 is 3.37. The molecule has 0 aliphatic carbocycles. The largest absolute Gasteiger partial charge is 0.507 e. The highest BCUT2D eigenvalue weighted by molar-refractivity contribution is 9.09. The molecule has 6 aromatic rings. The van der Waals surface area contributed by atoms with Crippen molar-refractivity contribution in [3.63, 3.8) is 0 Å². The van der Waals surface area contributed by atoms with Crippen LogP contribution in [-0.2, 0) is 49.2 Å². The second-order valence-electron chi connectivity index (χ2n) is 40.5. The van der Waals surface area contributed by atoms with E-state index >= 15 is 0 Å². The first kappa shape index (κ1) is 122. The fourth-order valence-electron chi connectivity index (χ4n) is 9.93. The van der Waals surface area contributed by atoms with Gasteiger partial charge in [-0.25, -0.2) is 9.59 Å². The molecule has 21 nitrogen and oxygen atoms in total. The molecule has 0 aromatic heterocycles. The number of halogens is 1. The van der Waals surface area contributed by atoms with Crippen LogP contribution in [0, 0.1) is 11.8 Å². The third-order valence-corrected chi connectivity index (χ3v) is 46.0. The van der Waals surface area contributed by atoms with Crippen molar-refractivity contribution in [3.8, 4) is 34.5 Å². The molecule has 2 atom stereocenters. The fraction of sp³-hybridized carbons (Fsp3) is 0.569. The van der Waals surface area contributed by atoms with Gasteiger partial charge in [-0.2, -0.15) is 0 Å². The number of aromatic hydroxyl groups is 1. The Bertz CT molecular complexity index is 4220. The van der Waals surface area contributed by atoms with Gasteiger partial charge < -0.3 is 81.0 Å². The van der Waals surface area contributed by atoms with Crippen LogP contribution in [0.3, 0.4) is 0 Å². The number of alkyl carbamates (subject to hydrolysis) is 1. The third kappa shape index (κ3) is 50.0. The number of nitrogens with one attached hydrogen (secondary N) is 1. The Morgan fingerprint density at radius 1 is 0.403 bits per heavy atom. The summed E-state index contributed by atoms with van der Waals surface area (Å²) in [5.74, 6) is 4.05. The molecule has 6 aromatic carbocycles. The highest BCUT2D eigenvalue weighted by Gasteiger charge is 2.41. The maximum Gasteiger partial charge on any atom is 0.407 e. The first-order valence-electron chi connectivity index (χ1n) is 44.9. The van der Waals surface area contributed by atoms with E-state index in [-0.39, 0.29) is 70.1 Å². The summed E-state index contributed by atoms with van der Waals surface area (Å²) in [6.45, 7) is 75.4. The van der Waals surface area contributed by atoms with Crippen LogP contribution in [0.1, 0.15) is 195 Å². The Labute approximate surface area is 792 Å². The van der Waals surface area contributed by atoms with Crippen molar-refractivity contribution in [1.29, 1.82) is 0 Å². The Balaban J connectivity index is 0.00000151. The molecule has 0 aliphatic rings. The molecular formula is C102H168BrNO20Si5. The van der Waals surface area contributed by atoms with Crippen LogP contribution < -0.4 is 29.0 Å². The first-order valence-corrected chi connectivity index (χ1v) is 60.6. The van der Waals surface area contributed by atoms with Gasteiger partial charge in [0.25, 0.3) is 0 Å². The van der Waals surface area contributed by atoms with Crippen LogP contribution >= 0.6 is 15.9 Å². The van der Waals surface area contributed by atoms with E-state index in [1.807, 2.05) is 144 Å². The molecule has 0 spiro atoms. The van der Waals surface area contributed by atoms with E-state index in [1.54, 1.807) is 43.3 Å². The summed E-state index contributed by atoms with van der Waals surface area (Å²) in [4.78, 5) is 44.1. The zero-order valence-electron chi connectivity index (χ0n) is 85.0. The molecule has 0 bridgehead atoms. The Morgan fingerprint density at radius 2 is 0.705 bits per heavy atom. The lowest BCUT2D eigenvalue weighted by Gasteiger charge is -2.36. The molecule has 0 heterocycles. The number of aliphatic hydroxyl groups excluding tert-OH is 3. The first-order chi connectivity index (χ1) is 59.7. The lowest BCUT2D eigenvalue weighted by Crippen LogP contribution is -2.41. The van der Waals surface area contributed by atoms with Crippen LogP contribution in [0.5, 0.6) is 34.5 Å². The predicted molar refractivity (Wildman–Crippen MR) is 549 cm³/mol. The zero-order chi connectivity index (χ0) is 98.9. The van der Waals surface area contributed by atoms with E-state index in [9.17, 15) is 24.3 Å². The lowest BCUT2D eigenvalue weighted by molar-refractivity contribution is -0.135. The van der Waals surface area contributed by atoms with Gasteiger partial charge in [-0.1, -0.05) is 237 Å². The van der Waals surface area contributed by atoms with Crippen molar-refractivity contribution in [2.24, 2.45) is 11.8 Å². The topological polar surface area (TPSA) is 272 Å². The van der Waals surface area contributed by atoms with Gasteiger partial charge in [0.1, 0.15) is 73.1 Å². The maximum absolute atomic E-state index is 11.6. The number of hydrogen-bond acceptors (Lipinski definition) is 20. The molecule has 0 fully saturated rings. The van der Waals surface area contributed by atoms with Crippen molar-refractivity contribution in [2.45, 2.75) is 261 Å². The van der Waals surface area contributed by atoms with E-state index in [0.29, 0.717) is 93.2 Å². The number of hydrogen-bond donors (Lipinski definition) is 5. The molecule has 6 rings (SSSR count). The summed E-state index contributed by atoms with van der Waals surface area (Å²) < 4.78 is 68.9. The van der Waals surface area contributed by atoms with Gasteiger partial charge in [0.05, 0.1) is 57.9 Å². The summed E-state index contributed by atoms with van der Waals surface area (Å²) in [5.41, 5.74) is 5.92. The van der Waals surface area contributed by atoms with Crippen LogP contribution in [0.2, 0.25) is 90.7 Å². The summed E-state index contributed by atoms with van der Waals surface area (Å²) in [7, 11) is -6.97. The molecule has 0 radical (unpaired) electrons. The second-order valence-corrected chi connectivity index (χ2v) is 65.3. The predicted octanol–water partition coefficient (Wildman–Crippen LogP) is 24.7. The van der Waals surface area contributed by atoms with Gasteiger partial charge in [0.2, 0.25) is 0 Å². The van der Waals surface area contributed by atoms with Crippen molar-refractivity contribution in [2.75, 3.05) is 105 Å². The molecule has 2 unspecified atom stereocenters. The smallest absolute Gasteiger partial charge is 0.407 e. The number of alkyl halides is 1.